The third-order valence-corrected chi connectivity index (χ3v) is 11.1. The lowest BCUT2D eigenvalue weighted by molar-refractivity contribution is -0.117. The maximum atomic E-state index is 12.2. The van der Waals surface area contributed by atoms with Crippen molar-refractivity contribution in [2.75, 3.05) is 0 Å². The van der Waals surface area contributed by atoms with Crippen molar-refractivity contribution in [2.24, 2.45) is 0 Å². The minimum atomic E-state index is -1.89. The molecule has 1 unspecified atom stereocenters. The van der Waals surface area contributed by atoms with Crippen LogP contribution in [0.1, 0.15) is 33.6 Å². The summed E-state index contributed by atoms with van der Waals surface area (Å²) in [5.74, 6) is 0.265. The number of Topliss-reactive ketones (excluding diaryl/α,β-unsaturated/α-hetero) is 1. The zero-order valence-corrected chi connectivity index (χ0v) is 16.8. The van der Waals surface area contributed by atoms with Gasteiger partial charge in [-0.15, -0.1) is 0 Å². The Bertz CT molecular complexity index is 763. The first-order valence-electron chi connectivity index (χ1n) is 9.31. The quantitative estimate of drug-likeness (QED) is 0.637. The Labute approximate surface area is 158 Å². The molecule has 2 aromatic carbocycles. The van der Waals surface area contributed by atoms with Crippen molar-refractivity contribution in [2.45, 2.75) is 44.4 Å². The van der Waals surface area contributed by atoms with Gasteiger partial charge in [0.15, 0.2) is 0 Å². The fourth-order valence-corrected chi connectivity index (χ4v) is 10.5. The van der Waals surface area contributed by atoms with Crippen LogP contribution in [0.15, 0.2) is 85.0 Å². The molecule has 0 heterocycles. The van der Waals surface area contributed by atoms with Crippen LogP contribution >= 0.6 is 7.26 Å². The van der Waals surface area contributed by atoms with Crippen LogP contribution in [-0.2, 0) is 4.79 Å². The number of allylic oxidation sites excluding steroid dienone is 4. The van der Waals surface area contributed by atoms with Crippen molar-refractivity contribution >= 4 is 23.7 Å². The number of carbonyl (C=O) groups excluding carboxylic acids is 1. The second kappa shape index (κ2) is 7.72. The molecule has 0 amide bonds. The van der Waals surface area contributed by atoms with E-state index >= 15 is 0 Å². The van der Waals surface area contributed by atoms with Gasteiger partial charge in [0.2, 0.25) is 0 Å². The van der Waals surface area contributed by atoms with Crippen LogP contribution in [0.3, 0.4) is 0 Å². The highest BCUT2D eigenvalue weighted by atomic mass is 31.2. The van der Waals surface area contributed by atoms with Gasteiger partial charge in [0, 0.05) is 12.8 Å². The summed E-state index contributed by atoms with van der Waals surface area (Å²) in [6, 6.07) is 21.8. The van der Waals surface area contributed by atoms with Crippen LogP contribution < -0.4 is 10.6 Å². The molecule has 1 aliphatic rings. The summed E-state index contributed by atoms with van der Waals surface area (Å²) in [7, 11) is -1.89. The standard InChI is InChI=1S/C24H28OP/c1-20(25)19-24(2,3)26(21-13-7-4-8-14-21,22-15-9-5-10-16-22)23-17-11-6-12-18-23/h4-17,23H,18-19H2,1-3H3/q+1. The van der Waals surface area contributed by atoms with Crippen molar-refractivity contribution in [3.63, 3.8) is 0 Å². The molecule has 0 spiro atoms. The van der Waals surface area contributed by atoms with Crippen LogP contribution in [0, 0.1) is 0 Å². The van der Waals surface area contributed by atoms with E-state index in [9.17, 15) is 4.79 Å². The molecule has 0 bridgehead atoms. The average Bonchev–Trinajstić information content (AvgIpc) is 2.64. The van der Waals surface area contributed by atoms with Crippen molar-refractivity contribution in [1.82, 2.24) is 0 Å². The predicted molar refractivity (Wildman–Crippen MR) is 115 cm³/mol. The van der Waals surface area contributed by atoms with Crippen molar-refractivity contribution < 1.29 is 4.79 Å². The minimum absolute atomic E-state index is 0.123. The molecule has 1 atom stereocenters. The SMILES string of the molecule is CC(=O)CC(C)(C)[P+](c1ccccc1)(c1ccccc1)C1C=CC=CC1. The molecule has 2 heteroatoms. The van der Waals surface area contributed by atoms with Crippen LogP contribution in [0.25, 0.3) is 0 Å². The maximum absolute atomic E-state index is 12.2. The molecule has 26 heavy (non-hydrogen) atoms. The maximum Gasteiger partial charge on any atom is 0.134 e. The van der Waals surface area contributed by atoms with E-state index in [2.05, 4.69) is 98.8 Å². The van der Waals surface area contributed by atoms with Gasteiger partial charge in [-0.2, -0.15) is 0 Å². The van der Waals surface area contributed by atoms with Gasteiger partial charge in [0.05, 0.1) is 12.4 Å². The highest BCUT2D eigenvalue weighted by Crippen LogP contribution is 2.72. The lowest BCUT2D eigenvalue weighted by Crippen LogP contribution is -2.44. The zero-order chi connectivity index (χ0) is 18.6. The molecule has 0 aromatic heterocycles. The first kappa shape index (κ1) is 18.8. The largest absolute Gasteiger partial charge is 0.300 e. The monoisotopic (exact) mass is 363 g/mol. The Balaban J connectivity index is 2.33. The second-order valence-corrected chi connectivity index (χ2v) is 12.1. The third kappa shape index (κ3) is 3.33. The Morgan fingerprint density at radius 3 is 1.92 bits per heavy atom. The Hall–Kier alpha value is -1.98. The highest BCUT2D eigenvalue weighted by Gasteiger charge is 2.60. The van der Waals surface area contributed by atoms with E-state index < -0.39 is 7.26 Å². The van der Waals surface area contributed by atoms with Crippen molar-refractivity contribution in [3.05, 3.63) is 85.0 Å². The van der Waals surface area contributed by atoms with Crippen LogP contribution in [0.5, 0.6) is 0 Å². The molecule has 134 valence electrons. The summed E-state index contributed by atoms with van der Waals surface area (Å²) >= 11 is 0. The molecule has 0 fully saturated rings. The first-order valence-corrected chi connectivity index (χ1v) is 11.2. The zero-order valence-electron chi connectivity index (χ0n) is 15.9. The lowest BCUT2D eigenvalue weighted by Gasteiger charge is -2.44. The predicted octanol–water partition coefficient (Wildman–Crippen LogP) is 5.30. The Morgan fingerprint density at radius 1 is 0.962 bits per heavy atom. The summed E-state index contributed by atoms with van der Waals surface area (Å²) in [6.45, 7) is 6.33. The Kier molecular flexibility index (Phi) is 5.58. The normalized spacial score (nSPS) is 17.3. The number of hydrogen-bond donors (Lipinski definition) is 0. The van der Waals surface area contributed by atoms with Gasteiger partial charge in [-0.05, 0) is 51.1 Å². The van der Waals surface area contributed by atoms with Crippen LogP contribution in [0.4, 0.5) is 0 Å². The van der Waals surface area contributed by atoms with Gasteiger partial charge in [-0.1, -0.05) is 54.6 Å². The average molecular weight is 363 g/mol. The second-order valence-electron chi connectivity index (χ2n) is 7.70. The first-order chi connectivity index (χ1) is 12.5. The van der Waals surface area contributed by atoms with E-state index in [0.717, 1.165) is 6.42 Å². The molecule has 0 aliphatic heterocycles. The van der Waals surface area contributed by atoms with Crippen LogP contribution in [0.2, 0.25) is 0 Å². The van der Waals surface area contributed by atoms with E-state index in [4.69, 9.17) is 0 Å². The van der Waals surface area contributed by atoms with Gasteiger partial charge < -0.3 is 0 Å². The van der Waals surface area contributed by atoms with E-state index in [1.54, 1.807) is 6.92 Å². The van der Waals surface area contributed by atoms with Crippen LogP contribution in [-0.4, -0.2) is 16.6 Å². The summed E-state index contributed by atoms with van der Waals surface area (Å²) in [4.78, 5) is 12.2. The van der Waals surface area contributed by atoms with E-state index in [-0.39, 0.29) is 10.9 Å². The smallest absolute Gasteiger partial charge is 0.134 e. The fraction of sp³-hybridized carbons (Fsp3) is 0.292. The minimum Gasteiger partial charge on any atom is -0.300 e. The van der Waals surface area contributed by atoms with E-state index in [1.165, 1.54) is 10.6 Å². The van der Waals surface area contributed by atoms with Crippen molar-refractivity contribution in [1.29, 1.82) is 0 Å². The molecule has 2 aromatic rings. The third-order valence-electron chi connectivity index (χ3n) is 5.42. The van der Waals surface area contributed by atoms with Gasteiger partial charge in [-0.3, -0.25) is 4.79 Å². The number of rotatable bonds is 6. The molecule has 0 saturated heterocycles. The molecule has 0 N–H and O–H groups in total. The molecular formula is C24H28OP+. The number of ketones is 1. The van der Waals surface area contributed by atoms with Gasteiger partial charge in [0.25, 0.3) is 0 Å². The van der Waals surface area contributed by atoms with E-state index in [1.807, 2.05) is 0 Å². The molecule has 1 aliphatic carbocycles. The van der Waals surface area contributed by atoms with E-state index in [0.29, 0.717) is 12.1 Å². The number of benzene rings is 2. The summed E-state index contributed by atoms with van der Waals surface area (Å²) in [5.41, 5.74) is 0.409. The highest BCUT2D eigenvalue weighted by molar-refractivity contribution is 7.91. The van der Waals surface area contributed by atoms with Crippen molar-refractivity contribution in [3.8, 4) is 0 Å². The molecule has 1 nitrogen and oxygen atoms in total. The summed E-state index contributed by atoms with van der Waals surface area (Å²) in [6.07, 6.45) is 10.6. The molecule has 0 saturated carbocycles. The topological polar surface area (TPSA) is 17.1 Å². The number of carbonyl (C=O) groups is 1. The fourth-order valence-electron chi connectivity index (χ4n) is 4.59. The van der Waals surface area contributed by atoms with Gasteiger partial charge >= 0.3 is 0 Å². The molecular weight excluding hydrogens is 335 g/mol. The Morgan fingerprint density at radius 2 is 1.50 bits per heavy atom. The lowest BCUT2D eigenvalue weighted by atomic mass is 10.1. The molecule has 3 rings (SSSR count). The molecule has 0 radical (unpaired) electrons. The summed E-state index contributed by atoms with van der Waals surface area (Å²) < 4.78 is 0. The number of hydrogen-bond acceptors (Lipinski definition) is 1. The van der Waals surface area contributed by atoms with Gasteiger partial charge in [0.1, 0.15) is 22.1 Å². The summed E-state index contributed by atoms with van der Waals surface area (Å²) in [5, 5.41) is 2.66. The van der Waals surface area contributed by atoms with Gasteiger partial charge in [-0.25, -0.2) is 0 Å².